The Balaban J connectivity index is 1.76. The summed E-state index contributed by atoms with van der Waals surface area (Å²) in [6.45, 7) is 5.94. The lowest BCUT2D eigenvalue weighted by Gasteiger charge is -2.12. The van der Waals surface area contributed by atoms with Crippen molar-refractivity contribution in [3.05, 3.63) is 53.6 Å². The van der Waals surface area contributed by atoms with E-state index in [1.165, 1.54) is 6.33 Å². The van der Waals surface area contributed by atoms with Crippen LogP contribution in [0.3, 0.4) is 0 Å². The Kier molecular flexibility index (Phi) is 4.48. The number of carbonyl (C=O) groups excluding carboxylic acids is 1. The maximum absolute atomic E-state index is 12.2. The van der Waals surface area contributed by atoms with E-state index in [1.807, 2.05) is 36.4 Å². The molecule has 0 saturated carbocycles. The van der Waals surface area contributed by atoms with E-state index in [-0.39, 0.29) is 5.97 Å². The Morgan fingerprint density at radius 3 is 2.89 bits per heavy atom. The Morgan fingerprint density at radius 1 is 1.29 bits per heavy atom. The van der Waals surface area contributed by atoms with Gasteiger partial charge >= 0.3 is 5.97 Å². The third-order valence-corrected chi connectivity index (χ3v) is 4.50. The number of aryl methyl sites for hydroxylation is 2. The molecule has 0 aliphatic carbocycles. The van der Waals surface area contributed by atoms with Crippen LogP contribution in [0.2, 0.25) is 0 Å². The lowest BCUT2D eigenvalue weighted by atomic mass is 10.1. The van der Waals surface area contributed by atoms with Crippen LogP contribution in [-0.2, 0) is 4.74 Å². The number of ether oxygens (including phenoxy) is 1. The molecule has 0 unspecified atom stereocenters. The van der Waals surface area contributed by atoms with Gasteiger partial charge in [0.2, 0.25) is 5.95 Å². The minimum Gasteiger partial charge on any atom is -0.462 e. The van der Waals surface area contributed by atoms with E-state index < -0.39 is 0 Å². The van der Waals surface area contributed by atoms with E-state index in [1.54, 1.807) is 19.2 Å². The van der Waals surface area contributed by atoms with Gasteiger partial charge in [-0.25, -0.2) is 9.78 Å². The highest BCUT2D eigenvalue weighted by Gasteiger charge is 2.18. The standard InChI is InChI=1S/C19H19N7O2/c1-4-28-18(27)15-8-14-9-21-25-19(26(14)12(15)3)23-16-7-13(6-5-11(16)2)17-20-10-22-24-17/h5-10H,4H2,1-3H3,(H,23,25)(H,20,22,24). The number of carbonyl (C=O) groups is 1. The van der Waals surface area contributed by atoms with E-state index in [2.05, 4.69) is 30.7 Å². The summed E-state index contributed by atoms with van der Waals surface area (Å²) < 4.78 is 6.99. The van der Waals surface area contributed by atoms with Crippen molar-refractivity contribution in [3.63, 3.8) is 0 Å². The topological polar surface area (TPSA) is 110 Å². The first kappa shape index (κ1) is 17.7. The van der Waals surface area contributed by atoms with Gasteiger partial charge in [-0.15, -0.1) is 5.10 Å². The molecule has 0 radical (unpaired) electrons. The molecule has 0 atom stereocenters. The first-order valence-corrected chi connectivity index (χ1v) is 8.82. The Bertz CT molecular complexity index is 1150. The zero-order valence-corrected chi connectivity index (χ0v) is 15.7. The van der Waals surface area contributed by atoms with Crippen LogP contribution in [0.15, 0.2) is 36.8 Å². The maximum Gasteiger partial charge on any atom is 0.339 e. The quantitative estimate of drug-likeness (QED) is 0.514. The highest BCUT2D eigenvalue weighted by Crippen LogP contribution is 2.27. The smallest absolute Gasteiger partial charge is 0.339 e. The fraction of sp³-hybridized carbons (Fsp3) is 0.211. The predicted molar refractivity (Wildman–Crippen MR) is 104 cm³/mol. The van der Waals surface area contributed by atoms with Crippen LogP contribution in [0.1, 0.15) is 28.5 Å². The number of nitrogens with zero attached hydrogens (tertiary/aromatic N) is 5. The summed E-state index contributed by atoms with van der Waals surface area (Å²) in [6.07, 6.45) is 3.08. The highest BCUT2D eigenvalue weighted by molar-refractivity contribution is 5.93. The van der Waals surface area contributed by atoms with Crippen LogP contribution in [0.5, 0.6) is 0 Å². The molecule has 28 heavy (non-hydrogen) atoms. The van der Waals surface area contributed by atoms with Gasteiger partial charge in [0.05, 0.1) is 23.9 Å². The Hall–Kier alpha value is -3.75. The number of hydrogen-bond acceptors (Lipinski definition) is 7. The average Bonchev–Trinajstić information content (AvgIpc) is 3.33. The van der Waals surface area contributed by atoms with Gasteiger partial charge in [-0.05, 0) is 38.5 Å². The van der Waals surface area contributed by atoms with Crippen molar-refractivity contribution in [2.24, 2.45) is 0 Å². The van der Waals surface area contributed by atoms with Gasteiger partial charge in [0.25, 0.3) is 0 Å². The van der Waals surface area contributed by atoms with Crippen molar-refractivity contribution < 1.29 is 9.53 Å². The summed E-state index contributed by atoms with van der Waals surface area (Å²) in [5.74, 6) is 0.815. The molecule has 0 amide bonds. The number of esters is 1. The fourth-order valence-corrected chi connectivity index (χ4v) is 3.06. The van der Waals surface area contributed by atoms with Crippen LogP contribution >= 0.6 is 0 Å². The molecule has 0 aliphatic heterocycles. The number of rotatable bonds is 5. The maximum atomic E-state index is 12.2. The first-order chi connectivity index (χ1) is 13.6. The third-order valence-electron chi connectivity index (χ3n) is 4.50. The minimum absolute atomic E-state index is 0.319. The molecule has 3 heterocycles. The molecule has 0 fully saturated rings. The number of anilines is 2. The van der Waals surface area contributed by atoms with Crippen molar-refractivity contribution in [1.29, 1.82) is 0 Å². The zero-order valence-electron chi connectivity index (χ0n) is 15.7. The minimum atomic E-state index is -0.363. The first-order valence-electron chi connectivity index (χ1n) is 8.82. The molecule has 0 aliphatic rings. The largest absolute Gasteiger partial charge is 0.462 e. The number of nitrogens with one attached hydrogen (secondary N) is 2. The molecule has 0 bridgehead atoms. The van der Waals surface area contributed by atoms with E-state index >= 15 is 0 Å². The Morgan fingerprint density at radius 2 is 2.14 bits per heavy atom. The molecular formula is C19H19N7O2. The van der Waals surface area contributed by atoms with Crippen molar-refractivity contribution in [2.45, 2.75) is 20.8 Å². The third kappa shape index (κ3) is 3.07. The summed E-state index contributed by atoms with van der Waals surface area (Å²) in [5.41, 5.74) is 4.74. The van der Waals surface area contributed by atoms with Crippen molar-refractivity contribution in [3.8, 4) is 11.4 Å². The molecule has 2 N–H and O–H groups in total. The van der Waals surface area contributed by atoms with Gasteiger partial charge in [0, 0.05) is 16.9 Å². The number of fused-ring (bicyclic) bond motifs is 1. The van der Waals surface area contributed by atoms with Gasteiger partial charge in [0.1, 0.15) is 6.33 Å². The van der Waals surface area contributed by atoms with Crippen molar-refractivity contribution in [1.82, 2.24) is 29.8 Å². The lowest BCUT2D eigenvalue weighted by Crippen LogP contribution is -2.08. The summed E-state index contributed by atoms with van der Waals surface area (Å²) in [5, 5.41) is 18.4. The molecule has 4 rings (SSSR count). The second-order valence-corrected chi connectivity index (χ2v) is 6.28. The average molecular weight is 377 g/mol. The fourth-order valence-electron chi connectivity index (χ4n) is 3.06. The molecule has 3 aromatic heterocycles. The monoisotopic (exact) mass is 377 g/mol. The number of benzene rings is 1. The van der Waals surface area contributed by atoms with E-state index in [0.29, 0.717) is 23.9 Å². The summed E-state index contributed by atoms with van der Waals surface area (Å²) >= 11 is 0. The van der Waals surface area contributed by atoms with Gasteiger partial charge < -0.3 is 10.1 Å². The Labute approximate surface area is 160 Å². The van der Waals surface area contributed by atoms with Gasteiger partial charge in [-0.3, -0.25) is 9.50 Å². The molecule has 0 spiro atoms. The highest BCUT2D eigenvalue weighted by atomic mass is 16.5. The van der Waals surface area contributed by atoms with Crippen LogP contribution < -0.4 is 5.32 Å². The van der Waals surface area contributed by atoms with Gasteiger partial charge in [-0.1, -0.05) is 12.1 Å². The molecule has 9 nitrogen and oxygen atoms in total. The summed E-state index contributed by atoms with van der Waals surface area (Å²) in [6, 6.07) is 7.67. The summed E-state index contributed by atoms with van der Waals surface area (Å²) in [4.78, 5) is 16.4. The zero-order chi connectivity index (χ0) is 19.7. The van der Waals surface area contributed by atoms with Gasteiger partial charge in [-0.2, -0.15) is 10.2 Å². The second kappa shape index (κ2) is 7.10. The van der Waals surface area contributed by atoms with E-state index in [9.17, 15) is 4.79 Å². The van der Waals surface area contributed by atoms with Crippen LogP contribution in [0.25, 0.3) is 16.9 Å². The van der Waals surface area contributed by atoms with Crippen LogP contribution in [-0.4, -0.2) is 42.4 Å². The van der Waals surface area contributed by atoms with Gasteiger partial charge in [0.15, 0.2) is 5.82 Å². The molecule has 0 saturated heterocycles. The predicted octanol–water partition coefficient (Wildman–Crippen LogP) is 3.05. The second-order valence-electron chi connectivity index (χ2n) is 6.28. The SMILES string of the molecule is CCOC(=O)c1cc2cnnc(Nc3cc(-c4ncn[nH]4)ccc3C)n2c1C. The van der Waals surface area contributed by atoms with E-state index in [4.69, 9.17) is 4.74 Å². The number of H-pyrrole nitrogens is 1. The normalized spacial score (nSPS) is 11.0. The number of aromatic amines is 1. The molecule has 142 valence electrons. The van der Waals surface area contributed by atoms with Crippen LogP contribution in [0, 0.1) is 13.8 Å². The lowest BCUT2D eigenvalue weighted by molar-refractivity contribution is 0.0525. The number of hydrogen-bond donors (Lipinski definition) is 2. The van der Waals surface area contributed by atoms with Crippen LogP contribution in [0.4, 0.5) is 11.6 Å². The van der Waals surface area contributed by atoms with E-state index in [0.717, 1.165) is 28.0 Å². The summed E-state index contributed by atoms with van der Waals surface area (Å²) in [7, 11) is 0. The molecule has 9 heteroatoms. The van der Waals surface area contributed by atoms with Crippen molar-refractivity contribution in [2.75, 3.05) is 11.9 Å². The van der Waals surface area contributed by atoms with Crippen molar-refractivity contribution >= 4 is 23.1 Å². The molecular weight excluding hydrogens is 358 g/mol. The molecule has 4 aromatic rings. The number of aromatic nitrogens is 6. The molecule has 1 aromatic carbocycles.